The summed E-state index contributed by atoms with van der Waals surface area (Å²) in [6.07, 6.45) is 6.27. The number of anilines is 1. The summed E-state index contributed by atoms with van der Waals surface area (Å²) < 4.78 is 10.9. The Morgan fingerprint density at radius 3 is 2.71 bits per heavy atom. The van der Waals surface area contributed by atoms with Gasteiger partial charge in [-0.15, -0.1) is 0 Å². The van der Waals surface area contributed by atoms with Gasteiger partial charge in [0.2, 0.25) is 0 Å². The van der Waals surface area contributed by atoms with Crippen molar-refractivity contribution in [2.24, 2.45) is 11.0 Å². The van der Waals surface area contributed by atoms with E-state index in [1.54, 1.807) is 24.3 Å². The summed E-state index contributed by atoms with van der Waals surface area (Å²) in [5.74, 6) is -1.33. The first-order valence-corrected chi connectivity index (χ1v) is 9.35. The maximum atomic E-state index is 12.4. The first-order chi connectivity index (χ1) is 13.6. The topological polar surface area (TPSA) is 106 Å². The summed E-state index contributed by atoms with van der Waals surface area (Å²) in [4.78, 5) is 36.2. The monoisotopic (exact) mass is 385 g/mol. The lowest BCUT2D eigenvalue weighted by molar-refractivity contribution is -0.136. The maximum absolute atomic E-state index is 12.4. The molecule has 2 N–H and O–H groups in total. The van der Waals surface area contributed by atoms with Gasteiger partial charge >= 0.3 is 11.8 Å². The lowest BCUT2D eigenvalue weighted by Crippen LogP contribution is -2.37. The molecule has 2 amide bonds. The minimum atomic E-state index is -0.939. The average Bonchev–Trinajstić information content (AvgIpc) is 2.71. The number of allylic oxidation sites excluding steroid dienone is 1. The number of carbonyl (C=O) groups excluding carboxylic acids is 3. The molecule has 1 aromatic rings. The Kier molecular flexibility index (Phi) is 6.41. The van der Waals surface area contributed by atoms with E-state index in [9.17, 15) is 14.4 Å². The minimum Gasteiger partial charge on any atom is -0.496 e. The molecule has 0 saturated heterocycles. The van der Waals surface area contributed by atoms with Gasteiger partial charge in [0.15, 0.2) is 5.78 Å². The van der Waals surface area contributed by atoms with Crippen molar-refractivity contribution in [3.63, 3.8) is 0 Å². The zero-order valence-corrected chi connectivity index (χ0v) is 15.6. The fourth-order valence-electron chi connectivity index (χ4n) is 3.29. The molecule has 0 aromatic heterocycles. The first-order valence-electron chi connectivity index (χ1n) is 9.35. The van der Waals surface area contributed by atoms with Crippen LogP contribution in [0.25, 0.3) is 0 Å². The summed E-state index contributed by atoms with van der Waals surface area (Å²) in [5.41, 5.74) is 2.86. The third-order valence-corrected chi connectivity index (χ3v) is 4.69. The molecule has 2 atom stereocenters. The van der Waals surface area contributed by atoms with E-state index < -0.39 is 11.8 Å². The third kappa shape index (κ3) is 4.76. The number of carbonyl (C=O) groups is 3. The number of benzene rings is 1. The standard InChI is InChI=1S/C20H23N3O5/c1-2-27-15-9-7-14(8-10-15)22-19(25)20(26)23-21-11-13-12-28-17-6-4-3-5-16(17)18(13)24/h7-12,16-17H,2-6H2,1H3,(H,22,25)(H,23,26)/b21-11+. The molecular formula is C20H23N3O5. The van der Waals surface area contributed by atoms with Crippen LogP contribution in [0.1, 0.15) is 32.6 Å². The molecule has 1 aromatic carbocycles. The number of hydrogen-bond donors (Lipinski definition) is 2. The van der Waals surface area contributed by atoms with Crippen LogP contribution in [0.4, 0.5) is 5.69 Å². The number of nitrogens with zero attached hydrogens (tertiary/aromatic N) is 1. The molecule has 0 spiro atoms. The Morgan fingerprint density at radius 2 is 1.96 bits per heavy atom. The van der Waals surface area contributed by atoms with Crippen LogP contribution in [0.2, 0.25) is 0 Å². The second-order valence-corrected chi connectivity index (χ2v) is 6.61. The van der Waals surface area contributed by atoms with Gasteiger partial charge in [-0.1, -0.05) is 6.42 Å². The Labute approximate surface area is 163 Å². The Morgan fingerprint density at radius 1 is 1.21 bits per heavy atom. The van der Waals surface area contributed by atoms with Crippen molar-refractivity contribution < 1.29 is 23.9 Å². The van der Waals surface area contributed by atoms with E-state index in [0.717, 1.165) is 25.7 Å². The van der Waals surface area contributed by atoms with Crippen LogP contribution in [-0.4, -0.2) is 36.5 Å². The lowest BCUT2D eigenvalue weighted by atomic mass is 9.80. The molecule has 1 aliphatic carbocycles. The van der Waals surface area contributed by atoms with Crippen LogP contribution in [0.15, 0.2) is 41.2 Å². The van der Waals surface area contributed by atoms with E-state index in [1.165, 1.54) is 12.5 Å². The van der Waals surface area contributed by atoms with Crippen molar-refractivity contribution in [3.8, 4) is 5.75 Å². The number of amides is 2. The van der Waals surface area contributed by atoms with Gasteiger partial charge in [0.1, 0.15) is 11.9 Å². The first kappa shape index (κ1) is 19.6. The molecule has 28 heavy (non-hydrogen) atoms. The molecule has 148 valence electrons. The van der Waals surface area contributed by atoms with Crippen LogP contribution in [0, 0.1) is 5.92 Å². The van der Waals surface area contributed by atoms with E-state index in [-0.39, 0.29) is 23.4 Å². The smallest absolute Gasteiger partial charge is 0.329 e. The summed E-state index contributed by atoms with van der Waals surface area (Å²) in [5, 5.41) is 6.17. The number of rotatable bonds is 5. The van der Waals surface area contributed by atoms with Crippen molar-refractivity contribution in [2.75, 3.05) is 11.9 Å². The molecule has 1 fully saturated rings. The van der Waals surface area contributed by atoms with Crippen LogP contribution in [0.3, 0.4) is 0 Å². The van der Waals surface area contributed by atoms with E-state index in [2.05, 4.69) is 15.8 Å². The fourth-order valence-corrected chi connectivity index (χ4v) is 3.29. The fraction of sp³-hybridized carbons (Fsp3) is 0.400. The largest absolute Gasteiger partial charge is 0.496 e. The van der Waals surface area contributed by atoms with E-state index in [4.69, 9.17) is 9.47 Å². The van der Waals surface area contributed by atoms with Crippen LogP contribution < -0.4 is 15.5 Å². The molecular weight excluding hydrogens is 362 g/mol. The molecule has 8 heteroatoms. The minimum absolute atomic E-state index is 0.0345. The normalized spacial score (nSPS) is 21.3. The predicted molar refractivity (Wildman–Crippen MR) is 103 cm³/mol. The van der Waals surface area contributed by atoms with Crippen LogP contribution in [-0.2, 0) is 19.1 Å². The van der Waals surface area contributed by atoms with E-state index in [0.29, 0.717) is 18.0 Å². The third-order valence-electron chi connectivity index (χ3n) is 4.69. The highest BCUT2D eigenvalue weighted by atomic mass is 16.5. The number of Topliss-reactive ketones (excluding diaryl/α,β-unsaturated/α-hetero) is 1. The zero-order valence-electron chi connectivity index (χ0n) is 15.6. The van der Waals surface area contributed by atoms with Gasteiger partial charge in [-0.2, -0.15) is 5.10 Å². The van der Waals surface area contributed by atoms with Gasteiger partial charge in [0.25, 0.3) is 0 Å². The van der Waals surface area contributed by atoms with Gasteiger partial charge in [-0.3, -0.25) is 14.4 Å². The lowest BCUT2D eigenvalue weighted by Gasteiger charge is -2.33. The maximum Gasteiger partial charge on any atom is 0.329 e. The summed E-state index contributed by atoms with van der Waals surface area (Å²) in [6.45, 7) is 2.41. The molecule has 2 aliphatic rings. The second-order valence-electron chi connectivity index (χ2n) is 6.61. The Bertz CT molecular complexity index is 801. The SMILES string of the molecule is CCOc1ccc(NC(=O)C(=O)N/N=C/C2=COC3CCCCC3C2=O)cc1. The summed E-state index contributed by atoms with van der Waals surface area (Å²) >= 11 is 0. The quantitative estimate of drug-likeness (QED) is 0.459. The highest BCUT2D eigenvalue weighted by Gasteiger charge is 2.36. The number of hydrogen-bond acceptors (Lipinski definition) is 6. The number of fused-ring (bicyclic) bond motifs is 1. The van der Waals surface area contributed by atoms with Crippen molar-refractivity contribution in [2.45, 2.75) is 38.7 Å². The highest BCUT2D eigenvalue weighted by molar-refractivity contribution is 6.39. The number of ketones is 1. The average molecular weight is 385 g/mol. The second kappa shape index (κ2) is 9.16. The van der Waals surface area contributed by atoms with Gasteiger partial charge in [0.05, 0.1) is 30.6 Å². The molecule has 1 saturated carbocycles. The number of hydrazone groups is 1. The Balaban J connectivity index is 1.51. The van der Waals surface area contributed by atoms with Crippen LogP contribution >= 0.6 is 0 Å². The molecule has 8 nitrogen and oxygen atoms in total. The molecule has 3 rings (SSSR count). The molecule has 0 bridgehead atoms. The van der Waals surface area contributed by atoms with Gasteiger partial charge in [0, 0.05) is 5.69 Å². The van der Waals surface area contributed by atoms with Crippen molar-refractivity contribution in [3.05, 3.63) is 36.1 Å². The summed E-state index contributed by atoms with van der Waals surface area (Å²) in [6, 6.07) is 6.63. The van der Waals surface area contributed by atoms with Crippen molar-refractivity contribution in [1.29, 1.82) is 0 Å². The van der Waals surface area contributed by atoms with Gasteiger partial charge in [-0.05, 0) is 50.5 Å². The predicted octanol–water partition coefficient (Wildman–Crippen LogP) is 2.17. The van der Waals surface area contributed by atoms with E-state index in [1.807, 2.05) is 6.92 Å². The summed E-state index contributed by atoms with van der Waals surface area (Å²) in [7, 11) is 0. The van der Waals surface area contributed by atoms with Gasteiger partial charge in [-0.25, -0.2) is 5.43 Å². The molecule has 0 radical (unpaired) electrons. The highest BCUT2D eigenvalue weighted by Crippen LogP contribution is 2.32. The molecule has 1 aliphatic heterocycles. The van der Waals surface area contributed by atoms with Crippen LogP contribution in [0.5, 0.6) is 5.75 Å². The van der Waals surface area contributed by atoms with E-state index >= 15 is 0 Å². The molecule has 2 unspecified atom stereocenters. The zero-order chi connectivity index (χ0) is 19.9. The van der Waals surface area contributed by atoms with Crippen molar-refractivity contribution >= 4 is 29.5 Å². The Hall–Kier alpha value is -3.16. The molecule has 1 heterocycles. The number of nitrogens with one attached hydrogen (secondary N) is 2. The van der Waals surface area contributed by atoms with Gasteiger partial charge < -0.3 is 14.8 Å². The number of ether oxygens (including phenoxy) is 2. The van der Waals surface area contributed by atoms with Crippen molar-refractivity contribution in [1.82, 2.24) is 5.43 Å².